The van der Waals surface area contributed by atoms with Crippen molar-refractivity contribution >= 4 is 11.9 Å². The van der Waals surface area contributed by atoms with E-state index in [0.717, 1.165) is 5.56 Å². The van der Waals surface area contributed by atoms with Crippen molar-refractivity contribution < 1.29 is 14.7 Å². The van der Waals surface area contributed by atoms with Crippen molar-refractivity contribution in [3.63, 3.8) is 0 Å². The first-order valence-corrected chi connectivity index (χ1v) is 5.36. The highest BCUT2D eigenvalue weighted by Crippen LogP contribution is 1.96. The number of carboxylic acids is 1. The van der Waals surface area contributed by atoms with Gasteiger partial charge in [0.25, 0.3) is 0 Å². The Balaban J connectivity index is 2.24. The van der Waals surface area contributed by atoms with Crippen LogP contribution >= 0.6 is 0 Å². The highest BCUT2D eigenvalue weighted by atomic mass is 16.4. The van der Waals surface area contributed by atoms with Crippen molar-refractivity contribution in [3.8, 4) is 0 Å². The molecule has 1 amide bonds. The van der Waals surface area contributed by atoms with Crippen LogP contribution in [0.4, 0.5) is 0 Å². The van der Waals surface area contributed by atoms with E-state index in [4.69, 9.17) is 5.11 Å². The van der Waals surface area contributed by atoms with Gasteiger partial charge in [0.15, 0.2) is 0 Å². The molecule has 0 saturated carbocycles. The number of hydrogen-bond donors (Lipinski definition) is 3. The highest BCUT2D eigenvalue weighted by molar-refractivity contribution is 5.79. The zero-order valence-corrected chi connectivity index (χ0v) is 9.64. The van der Waals surface area contributed by atoms with Gasteiger partial charge < -0.3 is 10.4 Å². The van der Waals surface area contributed by atoms with Gasteiger partial charge >= 0.3 is 5.97 Å². The number of rotatable bonds is 6. The smallest absolute Gasteiger partial charge is 0.320 e. The van der Waals surface area contributed by atoms with Gasteiger partial charge in [-0.3, -0.25) is 14.9 Å². The molecule has 3 N–H and O–H groups in total. The third kappa shape index (κ3) is 5.12. The summed E-state index contributed by atoms with van der Waals surface area (Å²) in [5.74, 6) is -1.19. The predicted octanol–water partition coefficient (Wildman–Crippen LogP) is 0.365. The van der Waals surface area contributed by atoms with Crippen molar-refractivity contribution in [1.82, 2.24) is 10.6 Å². The van der Waals surface area contributed by atoms with E-state index in [0.29, 0.717) is 6.54 Å². The number of carbonyl (C=O) groups excluding carboxylic acids is 1. The van der Waals surface area contributed by atoms with Crippen LogP contribution in [0, 0.1) is 0 Å². The molecule has 0 aliphatic carbocycles. The van der Waals surface area contributed by atoms with Crippen molar-refractivity contribution in [1.29, 1.82) is 0 Å². The molecule has 1 atom stereocenters. The number of amides is 1. The lowest BCUT2D eigenvalue weighted by atomic mass is 10.2. The van der Waals surface area contributed by atoms with E-state index in [-0.39, 0.29) is 12.5 Å². The van der Waals surface area contributed by atoms with Crippen molar-refractivity contribution in [2.45, 2.75) is 19.5 Å². The van der Waals surface area contributed by atoms with E-state index in [1.807, 2.05) is 30.3 Å². The van der Waals surface area contributed by atoms with Crippen LogP contribution in [0.15, 0.2) is 30.3 Å². The first kappa shape index (κ1) is 13.2. The average molecular weight is 236 g/mol. The molecule has 0 aliphatic heterocycles. The first-order chi connectivity index (χ1) is 8.09. The maximum atomic E-state index is 11.4. The fraction of sp³-hybridized carbons (Fsp3) is 0.333. The Morgan fingerprint density at radius 2 is 1.94 bits per heavy atom. The van der Waals surface area contributed by atoms with Crippen LogP contribution in [0.1, 0.15) is 12.5 Å². The summed E-state index contributed by atoms with van der Waals surface area (Å²) >= 11 is 0. The molecule has 0 aliphatic rings. The van der Waals surface area contributed by atoms with Gasteiger partial charge in [-0.25, -0.2) is 0 Å². The molecule has 0 saturated heterocycles. The van der Waals surface area contributed by atoms with Gasteiger partial charge in [0.05, 0.1) is 6.54 Å². The number of nitrogens with one attached hydrogen (secondary N) is 2. The largest absolute Gasteiger partial charge is 0.480 e. The Bertz CT molecular complexity index is 379. The van der Waals surface area contributed by atoms with Crippen molar-refractivity contribution in [2.24, 2.45) is 0 Å². The molecule has 1 aromatic carbocycles. The Kier molecular flexibility index (Phi) is 5.16. The topological polar surface area (TPSA) is 78.4 Å². The minimum absolute atomic E-state index is 0.000298. The highest BCUT2D eigenvalue weighted by Gasteiger charge is 2.11. The summed E-state index contributed by atoms with van der Waals surface area (Å²) in [6, 6.07) is 8.79. The van der Waals surface area contributed by atoms with Crippen LogP contribution in [-0.4, -0.2) is 29.6 Å². The molecule has 0 fully saturated rings. The van der Waals surface area contributed by atoms with Crippen LogP contribution in [0.5, 0.6) is 0 Å². The third-order valence-electron chi connectivity index (χ3n) is 2.27. The van der Waals surface area contributed by atoms with Gasteiger partial charge in [0.1, 0.15) is 6.04 Å². The Morgan fingerprint density at radius 3 is 2.53 bits per heavy atom. The molecule has 1 rings (SSSR count). The van der Waals surface area contributed by atoms with Gasteiger partial charge in [-0.1, -0.05) is 30.3 Å². The number of hydrogen-bond acceptors (Lipinski definition) is 3. The van der Waals surface area contributed by atoms with Gasteiger partial charge in [0.2, 0.25) is 5.91 Å². The van der Waals surface area contributed by atoms with Gasteiger partial charge in [-0.2, -0.15) is 0 Å². The summed E-state index contributed by atoms with van der Waals surface area (Å²) in [5.41, 5.74) is 1.01. The summed E-state index contributed by atoms with van der Waals surface area (Å²) < 4.78 is 0. The molecule has 0 spiro atoms. The molecule has 0 unspecified atom stereocenters. The van der Waals surface area contributed by atoms with E-state index >= 15 is 0 Å². The molecule has 0 heterocycles. The summed E-state index contributed by atoms with van der Waals surface area (Å²) in [7, 11) is 0. The third-order valence-corrected chi connectivity index (χ3v) is 2.27. The molecule has 0 radical (unpaired) electrons. The zero-order chi connectivity index (χ0) is 12.7. The van der Waals surface area contributed by atoms with Crippen LogP contribution < -0.4 is 10.6 Å². The normalized spacial score (nSPS) is 11.8. The number of aliphatic carboxylic acids is 1. The van der Waals surface area contributed by atoms with E-state index in [1.165, 1.54) is 6.92 Å². The lowest BCUT2D eigenvalue weighted by molar-refractivity contribution is -0.139. The Hall–Kier alpha value is -1.88. The molecular weight excluding hydrogens is 220 g/mol. The zero-order valence-electron chi connectivity index (χ0n) is 9.64. The lowest BCUT2D eigenvalue weighted by Crippen LogP contribution is -2.41. The Labute approximate surface area is 99.8 Å². The standard InChI is InChI=1S/C12H16N2O3/c1-9(12(16)17)13-8-11(15)14-7-10-5-3-2-4-6-10/h2-6,9,13H,7-8H2,1H3,(H,14,15)(H,16,17)/t9-/m1/s1. The second kappa shape index (κ2) is 6.65. The lowest BCUT2D eigenvalue weighted by Gasteiger charge is -2.09. The van der Waals surface area contributed by atoms with Crippen LogP contribution in [0.2, 0.25) is 0 Å². The van der Waals surface area contributed by atoms with E-state index in [1.54, 1.807) is 0 Å². The molecule has 5 heteroatoms. The summed E-state index contributed by atoms with van der Waals surface area (Å²) in [6.45, 7) is 1.94. The fourth-order valence-electron chi connectivity index (χ4n) is 1.19. The summed E-state index contributed by atoms with van der Waals surface area (Å²) in [4.78, 5) is 21.9. The number of carbonyl (C=O) groups is 2. The van der Waals surface area contributed by atoms with E-state index in [9.17, 15) is 9.59 Å². The molecule has 1 aromatic rings. The SMILES string of the molecule is C[C@@H](NCC(=O)NCc1ccccc1)C(=O)O. The predicted molar refractivity (Wildman–Crippen MR) is 63.4 cm³/mol. The van der Waals surface area contributed by atoms with Gasteiger partial charge in [0, 0.05) is 6.54 Å². The molecule has 0 bridgehead atoms. The fourth-order valence-corrected chi connectivity index (χ4v) is 1.19. The minimum atomic E-state index is -0.971. The second-order valence-electron chi connectivity index (χ2n) is 3.70. The average Bonchev–Trinajstić information content (AvgIpc) is 2.34. The Morgan fingerprint density at radius 1 is 1.29 bits per heavy atom. The van der Waals surface area contributed by atoms with Crippen molar-refractivity contribution in [3.05, 3.63) is 35.9 Å². The van der Waals surface area contributed by atoms with Gasteiger partial charge in [-0.05, 0) is 12.5 Å². The minimum Gasteiger partial charge on any atom is -0.480 e. The van der Waals surface area contributed by atoms with Crippen LogP contribution in [0.25, 0.3) is 0 Å². The monoisotopic (exact) mass is 236 g/mol. The molecule has 0 aromatic heterocycles. The quantitative estimate of drug-likeness (QED) is 0.666. The molecular formula is C12H16N2O3. The van der Waals surface area contributed by atoms with Crippen LogP contribution in [0.3, 0.4) is 0 Å². The summed E-state index contributed by atoms with van der Waals surface area (Å²) in [5, 5.41) is 13.9. The molecule has 92 valence electrons. The molecule has 5 nitrogen and oxygen atoms in total. The van der Waals surface area contributed by atoms with E-state index < -0.39 is 12.0 Å². The maximum absolute atomic E-state index is 11.4. The number of benzene rings is 1. The van der Waals surface area contributed by atoms with Crippen molar-refractivity contribution in [2.75, 3.05) is 6.54 Å². The van der Waals surface area contributed by atoms with Crippen LogP contribution in [-0.2, 0) is 16.1 Å². The summed E-state index contributed by atoms with van der Waals surface area (Å²) in [6.07, 6.45) is 0. The van der Waals surface area contributed by atoms with E-state index in [2.05, 4.69) is 10.6 Å². The number of carboxylic acid groups (broad SMARTS) is 1. The maximum Gasteiger partial charge on any atom is 0.320 e. The second-order valence-corrected chi connectivity index (χ2v) is 3.70. The van der Waals surface area contributed by atoms with Gasteiger partial charge in [-0.15, -0.1) is 0 Å². The first-order valence-electron chi connectivity index (χ1n) is 5.36. The molecule has 17 heavy (non-hydrogen) atoms.